The highest BCUT2D eigenvalue weighted by Gasteiger charge is 2.08. The molecule has 1 aromatic heterocycles. The number of hydrogen-bond donors (Lipinski definition) is 1. The zero-order valence-electron chi connectivity index (χ0n) is 9.64. The number of carbonyl (C=O) groups is 1. The Morgan fingerprint density at radius 2 is 2.39 bits per heavy atom. The predicted octanol–water partition coefficient (Wildman–Crippen LogP) is 2.84. The molecule has 2 rings (SSSR count). The molecule has 1 aromatic carbocycles. The van der Waals surface area contributed by atoms with E-state index in [2.05, 4.69) is 26.2 Å². The normalized spacial score (nSPS) is 10.1. The standard InChI is InChI=1S/C12H11BrN2O2S/c1-17-11-3-2-8(4-10(11)13)12(16)15-6-9-5-14-7-18-9/h2-5,7H,6H2,1H3,(H,15,16). The first kappa shape index (κ1) is 13.0. The van der Waals surface area contributed by atoms with Gasteiger partial charge in [-0.3, -0.25) is 9.78 Å². The summed E-state index contributed by atoms with van der Waals surface area (Å²) in [7, 11) is 1.59. The fourth-order valence-electron chi connectivity index (χ4n) is 1.41. The van der Waals surface area contributed by atoms with E-state index in [0.717, 1.165) is 9.35 Å². The van der Waals surface area contributed by atoms with Crippen LogP contribution in [0.1, 0.15) is 15.2 Å². The van der Waals surface area contributed by atoms with Crippen molar-refractivity contribution in [1.82, 2.24) is 10.3 Å². The summed E-state index contributed by atoms with van der Waals surface area (Å²) in [6.07, 6.45) is 1.74. The van der Waals surface area contributed by atoms with Gasteiger partial charge in [0.05, 0.1) is 23.6 Å². The van der Waals surface area contributed by atoms with Crippen LogP contribution in [-0.4, -0.2) is 18.0 Å². The van der Waals surface area contributed by atoms with Crippen molar-refractivity contribution in [3.63, 3.8) is 0 Å². The molecule has 1 amide bonds. The number of aromatic nitrogens is 1. The number of benzene rings is 1. The molecule has 6 heteroatoms. The minimum Gasteiger partial charge on any atom is -0.496 e. The second-order valence-electron chi connectivity index (χ2n) is 3.50. The molecule has 94 valence electrons. The highest BCUT2D eigenvalue weighted by Crippen LogP contribution is 2.25. The minimum atomic E-state index is -0.119. The second-order valence-corrected chi connectivity index (χ2v) is 5.32. The number of nitrogens with one attached hydrogen (secondary N) is 1. The molecule has 2 aromatic rings. The summed E-state index contributed by atoms with van der Waals surface area (Å²) in [5, 5.41) is 2.84. The Balaban J connectivity index is 2.02. The summed E-state index contributed by atoms with van der Waals surface area (Å²) >= 11 is 4.87. The fourth-order valence-corrected chi connectivity index (χ4v) is 2.48. The fraction of sp³-hybridized carbons (Fsp3) is 0.167. The van der Waals surface area contributed by atoms with Crippen molar-refractivity contribution in [2.45, 2.75) is 6.54 Å². The first-order chi connectivity index (χ1) is 8.70. The van der Waals surface area contributed by atoms with E-state index in [9.17, 15) is 4.79 Å². The molecular weight excluding hydrogens is 316 g/mol. The number of nitrogens with zero attached hydrogens (tertiary/aromatic N) is 1. The Morgan fingerprint density at radius 1 is 1.56 bits per heavy atom. The van der Waals surface area contributed by atoms with E-state index in [1.165, 1.54) is 11.3 Å². The van der Waals surface area contributed by atoms with Crippen molar-refractivity contribution in [2.24, 2.45) is 0 Å². The largest absolute Gasteiger partial charge is 0.496 e. The molecule has 0 aliphatic carbocycles. The van der Waals surface area contributed by atoms with Crippen LogP contribution in [0.15, 0.2) is 34.4 Å². The van der Waals surface area contributed by atoms with Crippen molar-refractivity contribution in [2.75, 3.05) is 7.11 Å². The molecule has 0 bridgehead atoms. The third kappa shape index (κ3) is 3.08. The molecule has 0 atom stereocenters. The number of thiazole rings is 1. The van der Waals surface area contributed by atoms with Crippen LogP contribution in [0.3, 0.4) is 0 Å². The van der Waals surface area contributed by atoms with Gasteiger partial charge in [0, 0.05) is 16.6 Å². The third-order valence-electron chi connectivity index (χ3n) is 2.32. The molecule has 4 nitrogen and oxygen atoms in total. The molecule has 1 heterocycles. The van der Waals surface area contributed by atoms with Gasteiger partial charge in [0.15, 0.2) is 0 Å². The van der Waals surface area contributed by atoms with E-state index in [4.69, 9.17) is 4.74 Å². The Labute approximate surface area is 117 Å². The monoisotopic (exact) mass is 326 g/mol. The van der Waals surface area contributed by atoms with Crippen LogP contribution in [0.25, 0.3) is 0 Å². The van der Waals surface area contributed by atoms with Crippen molar-refractivity contribution >= 4 is 33.2 Å². The van der Waals surface area contributed by atoms with Crippen LogP contribution >= 0.6 is 27.3 Å². The van der Waals surface area contributed by atoms with E-state index in [1.54, 1.807) is 37.0 Å². The van der Waals surface area contributed by atoms with Crippen LogP contribution in [0.2, 0.25) is 0 Å². The van der Waals surface area contributed by atoms with Crippen molar-refractivity contribution in [3.05, 3.63) is 44.8 Å². The number of halogens is 1. The summed E-state index contributed by atoms with van der Waals surface area (Å²) in [5.74, 6) is 0.584. The summed E-state index contributed by atoms with van der Waals surface area (Å²) in [6, 6.07) is 5.22. The van der Waals surface area contributed by atoms with E-state index in [1.807, 2.05) is 0 Å². The van der Waals surface area contributed by atoms with Crippen molar-refractivity contribution in [1.29, 1.82) is 0 Å². The molecular formula is C12H11BrN2O2S. The van der Waals surface area contributed by atoms with Gasteiger partial charge >= 0.3 is 0 Å². The Morgan fingerprint density at radius 3 is 3.00 bits per heavy atom. The van der Waals surface area contributed by atoms with Gasteiger partial charge in [-0.15, -0.1) is 11.3 Å². The Hall–Kier alpha value is -1.40. The lowest BCUT2D eigenvalue weighted by Gasteiger charge is -2.06. The zero-order chi connectivity index (χ0) is 13.0. The Bertz CT molecular complexity index is 543. The summed E-state index contributed by atoms with van der Waals surface area (Å²) in [5.41, 5.74) is 2.33. The molecule has 0 fully saturated rings. The molecule has 0 aliphatic rings. The zero-order valence-corrected chi connectivity index (χ0v) is 12.0. The van der Waals surface area contributed by atoms with E-state index in [-0.39, 0.29) is 5.91 Å². The van der Waals surface area contributed by atoms with Gasteiger partial charge < -0.3 is 10.1 Å². The topological polar surface area (TPSA) is 51.2 Å². The number of carbonyl (C=O) groups excluding carboxylic acids is 1. The predicted molar refractivity (Wildman–Crippen MR) is 74.0 cm³/mol. The smallest absolute Gasteiger partial charge is 0.251 e. The average Bonchev–Trinajstić information content (AvgIpc) is 2.89. The van der Waals surface area contributed by atoms with E-state index >= 15 is 0 Å². The number of ether oxygens (including phenoxy) is 1. The third-order valence-corrected chi connectivity index (χ3v) is 3.72. The van der Waals surface area contributed by atoms with Gasteiger partial charge in [-0.2, -0.15) is 0 Å². The maximum atomic E-state index is 11.9. The minimum absolute atomic E-state index is 0.119. The average molecular weight is 327 g/mol. The summed E-state index contributed by atoms with van der Waals surface area (Å²) in [6.45, 7) is 0.493. The van der Waals surface area contributed by atoms with Gasteiger partial charge in [-0.25, -0.2) is 0 Å². The molecule has 0 spiro atoms. The van der Waals surface area contributed by atoms with Gasteiger partial charge in [0.1, 0.15) is 5.75 Å². The number of rotatable bonds is 4. The first-order valence-electron chi connectivity index (χ1n) is 5.20. The maximum Gasteiger partial charge on any atom is 0.251 e. The lowest BCUT2D eigenvalue weighted by atomic mass is 10.2. The molecule has 0 unspecified atom stereocenters. The molecule has 0 radical (unpaired) electrons. The lowest BCUT2D eigenvalue weighted by molar-refractivity contribution is 0.0951. The van der Waals surface area contributed by atoms with E-state index < -0.39 is 0 Å². The van der Waals surface area contributed by atoms with E-state index in [0.29, 0.717) is 17.9 Å². The second kappa shape index (κ2) is 5.97. The van der Waals surface area contributed by atoms with Gasteiger partial charge in [-0.05, 0) is 34.1 Å². The van der Waals surface area contributed by atoms with Crippen molar-refractivity contribution < 1.29 is 9.53 Å². The highest BCUT2D eigenvalue weighted by atomic mass is 79.9. The van der Waals surface area contributed by atoms with Crippen LogP contribution in [-0.2, 0) is 6.54 Å². The molecule has 0 saturated carbocycles. The molecule has 18 heavy (non-hydrogen) atoms. The van der Waals surface area contributed by atoms with Crippen LogP contribution in [0.4, 0.5) is 0 Å². The molecule has 0 aliphatic heterocycles. The lowest BCUT2D eigenvalue weighted by Crippen LogP contribution is -2.22. The number of methoxy groups -OCH3 is 1. The Kier molecular flexibility index (Phi) is 4.33. The molecule has 1 N–H and O–H groups in total. The van der Waals surface area contributed by atoms with Crippen molar-refractivity contribution in [3.8, 4) is 5.75 Å². The number of amides is 1. The number of hydrogen-bond acceptors (Lipinski definition) is 4. The highest BCUT2D eigenvalue weighted by molar-refractivity contribution is 9.10. The van der Waals surface area contributed by atoms with Crippen LogP contribution in [0, 0.1) is 0 Å². The summed E-state index contributed by atoms with van der Waals surface area (Å²) < 4.78 is 5.87. The molecule has 0 saturated heterocycles. The summed E-state index contributed by atoms with van der Waals surface area (Å²) in [4.78, 5) is 16.9. The van der Waals surface area contributed by atoms with Gasteiger partial charge in [-0.1, -0.05) is 0 Å². The quantitative estimate of drug-likeness (QED) is 0.939. The van der Waals surface area contributed by atoms with Crippen LogP contribution in [0.5, 0.6) is 5.75 Å². The first-order valence-corrected chi connectivity index (χ1v) is 6.87. The van der Waals surface area contributed by atoms with Gasteiger partial charge in [0.25, 0.3) is 5.91 Å². The van der Waals surface area contributed by atoms with Crippen LogP contribution < -0.4 is 10.1 Å². The van der Waals surface area contributed by atoms with Gasteiger partial charge in [0.2, 0.25) is 0 Å². The maximum absolute atomic E-state index is 11.9. The SMILES string of the molecule is COc1ccc(C(=O)NCc2cncs2)cc1Br.